The molecule has 0 radical (unpaired) electrons. The third-order valence-corrected chi connectivity index (χ3v) is 5.33. The van der Waals surface area contributed by atoms with Gasteiger partial charge in [0.05, 0.1) is 24.4 Å². The highest BCUT2D eigenvalue weighted by molar-refractivity contribution is 5.83. The van der Waals surface area contributed by atoms with Gasteiger partial charge in [-0.3, -0.25) is 5.10 Å². The quantitative estimate of drug-likeness (QED) is 0.378. The Hall–Kier alpha value is -3.99. The number of nitrogens with zero attached hydrogens (tertiary/aromatic N) is 4. The van der Waals surface area contributed by atoms with Crippen molar-refractivity contribution in [2.45, 2.75) is 13.8 Å². The van der Waals surface area contributed by atoms with E-state index in [0.717, 1.165) is 5.69 Å². The van der Waals surface area contributed by atoms with Crippen LogP contribution in [0.2, 0.25) is 0 Å². The van der Waals surface area contributed by atoms with E-state index in [1.807, 2.05) is 24.0 Å². The van der Waals surface area contributed by atoms with Gasteiger partial charge in [0.2, 0.25) is 5.75 Å². The lowest BCUT2D eigenvalue weighted by molar-refractivity contribution is 0.122. The molecule has 11 heteroatoms. The number of morpholine rings is 1. The van der Waals surface area contributed by atoms with Gasteiger partial charge in [0.1, 0.15) is 11.6 Å². The summed E-state index contributed by atoms with van der Waals surface area (Å²) in [7, 11) is 0. The minimum atomic E-state index is -0.856. The second kappa shape index (κ2) is 9.10. The zero-order valence-corrected chi connectivity index (χ0v) is 18.7. The van der Waals surface area contributed by atoms with E-state index in [1.54, 1.807) is 25.1 Å². The molecule has 3 aromatic heterocycles. The molecule has 1 aromatic carbocycles. The highest BCUT2D eigenvalue weighted by Gasteiger charge is 2.21. The number of nitrogens with one attached hydrogen (secondary N) is 3. The molecular weight excluding hydrogens is 444 g/mol. The van der Waals surface area contributed by atoms with E-state index in [4.69, 9.17) is 9.47 Å². The van der Waals surface area contributed by atoms with E-state index in [-0.39, 0.29) is 11.4 Å². The van der Waals surface area contributed by atoms with Crippen molar-refractivity contribution in [2.75, 3.05) is 36.5 Å². The Bertz CT molecular complexity index is 1360. The first-order valence-corrected chi connectivity index (χ1v) is 10.8. The van der Waals surface area contributed by atoms with Crippen molar-refractivity contribution in [2.24, 2.45) is 0 Å². The first kappa shape index (κ1) is 21.8. The number of hydrogen-bond acceptors (Lipinski definition) is 7. The van der Waals surface area contributed by atoms with Gasteiger partial charge in [0.15, 0.2) is 17.5 Å². The zero-order chi connectivity index (χ0) is 23.7. The molecule has 4 heterocycles. The summed E-state index contributed by atoms with van der Waals surface area (Å²) in [6.45, 7) is 5.98. The van der Waals surface area contributed by atoms with Crippen LogP contribution in [0.5, 0.6) is 11.8 Å². The first-order chi connectivity index (χ1) is 16.5. The largest absolute Gasteiger partial charge is 0.418 e. The van der Waals surface area contributed by atoms with Crippen LogP contribution in [0.15, 0.2) is 30.3 Å². The predicted molar refractivity (Wildman–Crippen MR) is 125 cm³/mol. The molecule has 0 unspecified atom stereocenters. The fourth-order valence-corrected chi connectivity index (χ4v) is 3.78. The van der Waals surface area contributed by atoms with Crippen LogP contribution < -0.4 is 15.0 Å². The molecule has 0 saturated carbocycles. The summed E-state index contributed by atoms with van der Waals surface area (Å²) < 4.78 is 40.9. The number of anilines is 3. The Morgan fingerprint density at radius 2 is 1.94 bits per heavy atom. The molecule has 0 aliphatic carbocycles. The highest BCUT2D eigenvalue weighted by Crippen LogP contribution is 2.33. The number of halogens is 2. The fourth-order valence-electron chi connectivity index (χ4n) is 3.78. The number of H-pyrrole nitrogens is 2. The fraction of sp³-hybridized carbons (Fsp3) is 0.261. The minimum Gasteiger partial charge on any atom is -0.418 e. The highest BCUT2D eigenvalue weighted by atomic mass is 19.1. The van der Waals surface area contributed by atoms with Crippen LogP contribution in [-0.2, 0) is 4.74 Å². The summed E-state index contributed by atoms with van der Waals surface area (Å²) in [5, 5.41) is 10.4. The van der Waals surface area contributed by atoms with Crippen molar-refractivity contribution in [3.63, 3.8) is 0 Å². The SMILES string of the molecule is C/C=C\c1cc(Nc2cc(N3CCOCC3)nc(Oc3c(F)cc4[nH]c(C)cc4c3F)n2)n[nH]1. The Labute approximate surface area is 193 Å². The molecule has 1 aliphatic rings. The molecule has 1 saturated heterocycles. The van der Waals surface area contributed by atoms with Gasteiger partial charge in [0.25, 0.3) is 0 Å². The van der Waals surface area contributed by atoms with Gasteiger partial charge in [-0.15, -0.1) is 0 Å². The molecule has 4 aromatic rings. The van der Waals surface area contributed by atoms with Gasteiger partial charge in [-0.2, -0.15) is 15.1 Å². The van der Waals surface area contributed by atoms with Crippen LogP contribution in [0.3, 0.4) is 0 Å². The molecule has 34 heavy (non-hydrogen) atoms. The van der Waals surface area contributed by atoms with Crippen molar-refractivity contribution in [3.05, 3.63) is 53.4 Å². The van der Waals surface area contributed by atoms with Crippen LogP contribution in [-0.4, -0.2) is 51.5 Å². The number of fused-ring (bicyclic) bond motifs is 1. The van der Waals surface area contributed by atoms with Gasteiger partial charge in [-0.25, -0.2) is 8.78 Å². The van der Waals surface area contributed by atoms with Gasteiger partial charge in [-0.05, 0) is 26.0 Å². The number of aromatic amines is 2. The molecule has 0 atom stereocenters. The minimum absolute atomic E-state index is 0.194. The first-order valence-electron chi connectivity index (χ1n) is 10.8. The van der Waals surface area contributed by atoms with E-state index < -0.39 is 17.4 Å². The number of aromatic nitrogens is 5. The van der Waals surface area contributed by atoms with Crippen LogP contribution in [0.4, 0.5) is 26.2 Å². The number of ether oxygens (including phenoxy) is 2. The van der Waals surface area contributed by atoms with E-state index in [9.17, 15) is 4.39 Å². The molecule has 1 fully saturated rings. The van der Waals surface area contributed by atoms with Gasteiger partial charge in [-0.1, -0.05) is 6.08 Å². The van der Waals surface area contributed by atoms with Gasteiger partial charge < -0.3 is 24.7 Å². The molecule has 0 bridgehead atoms. The average Bonchev–Trinajstić information content (AvgIpc) is 3.43. The lowest BCUT2D eigenvalue weighted by atomic mass is 10.2. The summed E-state index contributed by atoms with van der Waals surface area (Å²) >= 11 is 0. The topological polar surface area (TPSA) is 104 Å². The van der Waals surface area contributed by atoms with E-state index in [1.165, 1.54) is 6.07 Å². The van der Waals surface area contributed by atoms with Crippen molar-refractivity contribution in [1.29, 1.82) is 0 Å². The van der Waals surface area contributed by atoms with Crippen molar-refractivity contribution in [1.82, 2.24) is 25.1 Å². The van der Waals surface area contributed by atoms with Crippen LogP contribution in [0.25, 0.3) is 17.0 Å². The Morgan fingerprint density at radius 3 is 2.74 bits per heavy atom. The van der Waals surface area contributed by atoms with Gasteiger partial charge >= 0.3 is 6.01 Å². The molecule has 3 N–H and O–H groups in total. The number of hydrogen-bond donors (Lipinski definition) is 3. The summed E-state index contributed by atoms with van der Waals surface area (Å²) in [6, 6.07) is 6.12. The van der Waals surface area contributed by atoms with E-state index in [0.29, 0.717) is 55.0 Å². The normalized spacial score (nSPS) is 14.3. The number of rotatable bonds is 6. The summed E-state index contributed by atoms with van der Waals surface area (Å²) in [5.74, 6) is -0.815. The van der Waals surface area contributed by atoms with Crippen molar-refractivity contribution >= 4 is 34.4 Å². The Morgan fingerprint density at radius 1 is 1.12 bits per heavy atom. The lowest BCUT2D eigenvalue weighted by Crippen LogP contribution is -2.36. The molecule has 0 amide bonds. The second-order valence-electron chi connectivity index (χ2n) is 7.84. The molecular formula is C23H23F2N7O2. The summed E-state index contributed by atoms with van der Waals surface area (Å²) in [5.41, 5.74) is 1.86. The second-order valence-corrected chi connectivity index (χ2v) is 7.84. The monoisotopic (exact) mass is 467 g/mol. The maximum atomic E-state index is 15.1. The third kappa shape index (κ3) is 4.42. The molecule has 1 aliphatic heterocycles. The third-order valence-electron chi connectivity index (χ3n) is 5.33. The standard InChI is InChI=1S/C23H23F2N7O2/c1-3-4-14-10-19(31-30-14)27-18-12-20(32-5-7-33-8-6-32)29-23(28-18)34-22-16(24)11-17-15(21(22)25)9-13(2)26-17/h3-4,9-12,26H,5-8H2,1-2H3,(H2,27,28,29,30,31)/b4-3-. The lowest BCUT2D eigenvalue weighted by Gasteiger charge is -2.28. The Kier molecular flexibility index (Phi) is 5.84. The number of allylic oxidation sites excluding steroid dienone is 1. The number of aryl methyl sites for hydroxylation is 1. The molecule has 5 rings (SSSR count). The zero-order valence-electron chi connectivity index (χ0n) is 18.7. The summed E-state index contributed by atoms with van der Waals surface area (Å²) in [6.07, 6.45) is 3.76. The number of benzene rings is 1. The maximum Gasteiger partial charge on any atom is 0.326 e. The van der Waals surface area contributed by atoms with E-state index >= 15 is 4.39 Å². The molecule has 9 nitrogen and oxygen atoms in total. The summed E-state index contributed by atoms with van der Waals surface area (Å²) in [4.78, 5) is 13.6. The van der Waals surface area contributed by atoms with Crippen LogP contribution >= 0.6 is 0 Å². The smallest absolute Gasteiger partial charge is 0.326 e. The molecule has 176 valence electrons. The van der Waals surface area contributed by atoms with Gasteiger partial charge in [0, 0.05) is 42.4 Å². The van der Waals surface area contributed by atoms with Crippen molar-refractivity contribution in [3.8, 4) is 11.8 Å². The molecule has 0 spiro atoms. The van der Waals surface area contributed by atoms with Crippen molar-refractivity contribution < 1.29 is 18.3 Å². The van der Waals surface area contributed by atoms with Crippen LogP contribution in [0.1, 0.15) is 18.3 Å². The maximum absolute atomic E-state index is 15.1. The Balaban J connectivity index is 1.51. The average molecular weight is 467 g/mol. The van der Waals surface area contributed by atoms with Crippen LogP contribution in [0, 0.1) is 18.6 Å². The predicted octanol–water partition coefficient (Wildman–Crippen LogP) is 4.67. The van der Waals surface area contributed by atoms with E-state index in [2.05, 4.69) is 30.5 Å².